The monoisotopic (exact) mass is 553 g/mol. The van der Waals surface area contributed by atoms with Gasteiger partial charge in [-0.1, -0.05) is 58.4 Å². The van der Waals surface area contributed by atoms with Gasteiger partial charge in [0.05, 0.1) is 12.2 Å². The number of carboxylic acids is 1. The number of ether oxygens (including phenoxy) is 2. The molecular weight excluding hydrogens is 511 g/mol. The third-order valence-corrected chi connectivity index (χ3v) is 8.47. The molecule has 2 N–H and O–H groups in total. The van der Waals surface area contributed by atoms with Crippen molar-refractivity contribution in [3.8, 4) is 0 Å². The lowest BCUT2D eigenvalue weighted by atomic mass is 9.95. The minimum Gasteiger partial charge on any atom is -0.492 e. The summed E-state index contributed by atoms with van der Waals surface area (Å²) in [6.07, 6.45) is 9.61. The highest BCUT2D eigenvalue weighted by Gasteiger charge is 2.47. The standard InChI is InChI=1S/C24H30ClN2O5P.2C2H6/c1-3-21(33-14-8-18(9-15-33)22(28)29)26-23(30)24(10-12-31-17-24)27(2)11-13-32-20-7-5-4-6-19(25)16-20;2*1-2/h4-5,7-9,14-16,21H,3,6,10-13,17H2,1-2H3,(H-,26,28,29,30);2*1-2H3/p+1. The number of nitrogens with zero attached hydrogens (tertiary/aromatic N) is 1. The molecule has 37 heavy (non-hydrogen) atoms. The van der Waals surface area contributed by atoms with E-state index >= 15 is 0 Å². The van der Waals surface area contributed by atoms with Gasteiger partial charge in [0, 0.05) is 37.4 Å². The molecule has 1 aromatic rings. The SMILES string of the molecule is CC.CC.CCC(NC(=O)C1(N(C)CCOC2=CC=CCC(Cl)=C2)CCOC1)[p+]1ccc(C(=O)O)cc1. The number of rotatable bonds is 10. The van der Waals surface area contributed by atoms with Crippen molar-refractivity contribution in [3.05, 3.63) is 64.4 Å². The summed E-state index contributed by atoms with van der Waals surface area (Å²) in [6.45, 7) is 11.8. The fourth-order valence-corrected chi connectivity index (χ4v) is 5.94. The summed E-state index contributed by atoms with van der Waals surface area (Å²) in [7, 11) is 1.12. The minimum atomic E-state index is -0.950. The van der Waals surface area contributed by atoms with Gasteiger partial charge in [0.15, 0.2) is 5.78 Å². The lowest BCUT2D eigenvalue weighted by Gasteiger charge is -2.36. The molecule has 1 saturated heterocycles. The van der Waals surface area contributed by atoms with Crippen molar-refractivity contribution in [2.45, 2.75) is 65.2 Å². The average Bonchev–Trinajstić information content (AvgIpc) is 3.34. The predicted molar refractivity (Wildman–Crippen MR) is 153 cm³/mol. The van der Waals surface area contributed by atoms with Gasteiger partial charge in [0.25, 0.3) is 0 Å². The number of allylic oxidation sites excluding steroid dienone is 5. The first kappa shape index (κ1) is 32.8. The van der Waals surface area contributed by atoms with Crippen LogP contribution < -0.4 is 5.32 Å². The Hall–Kier alpha value is -2.18. The fourth-order valence-electron chi connectivity index (χ4n) is 3.88. The van der Waals surface area contributed by atoms with Crippen molar-refractivity contribution in [2.75, 3.05) is 33.4 Å². The average molecular weight is 554 g/mol. The van der Waals surface area contributed by atoms with Gasteiger partial charge in [0.1, 0.15) is 37.0 Å². The fraction of sp³-hybridized carbons (Fsp3) is 0.536. The second-order valence-corrected chi connectivity index (χ2v) is 10.7. The lowest BCUT2D eigenvalue weighted by molar-refractivity contribution is -0.133. The van der Waals surface area contributed by atoms with Crippen LogP contribution in [0.3, 0.4) is 0 Å². The second kappa shape index (κ2) is 17.4. The molecule has 0 saturated carbocycles. The molecule has 206 valence electrons. The number of nitrogens with one attached hydrogen (secondary N) is 1. The second-order valence-electron chi connectivity index (χ2n) is 8.13. The number of carbonyl (C=O) groups excluding carboxylic acids is 1. The summed E-state index contributed by atoms with van der Waals surface area (Å²) in [4.78, 5) is 26.6. The van der Waals surface area contributed by atoms with E-state index in [-0.39, 0.29) is 17.3 Å². The van der Waals surface area contributed by atoms with Gasteiger partial charge >= 0.3 is 5.97 Å². The summed E-state index contributed by atoms with van der Waals surface area (Å²) in [5.74, 6) is 3.41. The van der Waals surface area contributed by atoms with Crippen molar-refractivity contribution in [1.82, 2.24) is 10.2 Å². The van der Waals surface area contributed by atoms with E-state index < -0.39 is 19.0 Å². The number of amides is 1. The highest BCUT2D eigenvalue weighted by atomic mass is 35.5. The van der Waals surface area contributed by atoms with Crippen LogP contribution in [0.4, 0.5) is 0 Å². The number of halogens is 1. The number of aromatic carboxylic acids is 1. The topological polar surface area (TPSA) is 88.1 Å². The molecule has 0 spiro atoms. The van der Waals surface area contributed by atoms with E-state index in [4.69, 9.17) is 26.2 Å². The molecule has 9 heteroatoms. The quantitative estimate of drug-likeness (QED) is 0.331. The molecule has 1 amide bonds. The Kier molecular flexibility index (Phi) is 15.4. The highest BCUT2D eigenvalue weighted by Crippen LogP contribution is 2.40. The van der Waals surface area contributed by atoms with E-state index in [1.54, 1.807) is 12.1 Å². The lowest BCUT2D eigenvalue weighted by Crippen LogP contribution is -2.59. The Morgan fingerprint density at radius 1 is 1.27 bits per heavy atom. The molecule has 2 unspecified atom stereocenters. The summed E-state index contributed by atoms with van der Waals surface area (Å²) in [6, 6.07) is 3.25. The molecule has 1 aliphatic carbocycles. The molecule has 0 bridgehead atoms. The van der Waals surface area contributed by atoms with Crippen molar-refractivity contribution in [2.24, 2.45) is 0 Å². The molecule has 1 aliphatic heterocycles. The first-order valence-corrected chi connectivity index (χ1v) is 15.0. The van der Waals surface area contributed by atoms with Crippen LogP contribution in [0.15, 0.2) is 58.8 Å². The van der Waals surface area contributed by atoms with Crippen LogP contribution in [0.1, 0.15) is 70.0 Å². The van der Waals surface area contributed by atoms with Gasteiger partial charge in [-0.05, 0) is 31.3 Å². The maximum Gasteiger partial charge on any atom is 0.335 e. The van der Waals surface area contributed by atoms with Gasteiger partial charge in [0.2, 0.25) is 5.91 Å². The smallest absolute Gasteiger partial charge is 0.335 e. The van der Waals surface area contributed by atoms with Gasteiger partial charge < -0.3 is 19.9 Å². The Bertz CT molecular complexity index is 940. The van der Waals surface area contributed by atoms with Crippen LogP contribution >= 0.6 is 19.1 Å². The first-order valence-electron chi connectivity index (χ1n) is 13.1. The molecule has 2 aliphatic rings. The molecule has 0 aromatic carbocycles. The third-order valence-electron chi connectivity index (χ3n) is 6.00. The minimum absolute atomic E-state index is 0.0637. The Labute approximate surface area is 228 Å². The molecule has 1 aromatic heterocycles. The zero-order chi connectivity index (χ0) is 27.8. The third kappa shape index (κ3) is 9.57. The molecule has 2 heterocycles. The Morgan fingerprint density at radius 2 is 1.95 bits per heavy atom. The number of carbonyl (C=O) groups is 2. The molecule has 7 nitrogen and oxygen atoms in total. The first-order chi connectivity index (χ1) is 17.9. The van der Waals surface area contributed by atoms with E-state index in [2.05, 4.69) is 5.32 Å². The van der Waals surface area contributed by atoms with Gasteiger partial charge in [-0.2, -0.15) is 0 Å². The summed E-state index contributed by atoms with van der Waals surface area (Å²) in [5, 5.41) is 13.1. The number of hydrogen-bond acceptors (Lipinski definition) is 5. The van der Waals surface area contributed by atoms with Gasteiger partial charge in [-0.25, -0.2) is 4.79 Å². The maximum absolute atomic E-state index is 13.5. The van der Waals surface area contributed by atoms with E-state index in [0.717, 1.165) is 11.5 Å². The van der Waals surface area contributed by atoms with E-state index in [9.17, 15) is 9.59 Å². The zero-order valence-electron chi connectivity index (χ0n) is 23.0. The molecule has 2 atom stereocenters. The van der Waals surface area contributed by atoms with Crippen LogP contribution in [0.2, 0.25) is 0 Å². The number of carboxylic acid groups (broad SMARTS) is 1. The van der Waals surface area contributed by atoms with Crippen LogP contribution in [-0.2, 0) is 14.3 Å². The van der Waals surface area contributed by atoms with E-state index in [1.165, 1.54) is 0 Å². The van der Waals surface area contributed by atoms with Crippen molar-refractivity contribution < 1.29 is 24.2 Å². The Morgan fingerprint density at radius 3 is 2.51 bits per heavy atom. The molecule has 3 rings (SSSR count). The molecule has 1 fully saturated rings. The van der Waals surface area contributed by atoms with Gasteiger partial charge in [-0.15, -0.1) is 0 Å². The van der Waals surface area contributed by atoms with Gasteiger partial charge in [-0.3, -0.25) is 9.69 Å². The van der Waals surface area contributed by atoms with Crippen molar-refractivity contribution >= 4 is 31.0 Å². The predicted octanol–water partition coefficient (Wildman–Crippen LogP) is 6.80. The largest absolute Gasteiger partial charge is 0.492 e. The van der Waals surface area contributed by atoms with Crippen molar-refractivity contribution in [1.29, 1.82) is 0 Å². The zero-order valence-corrected chi connectivity index (χ0v) is 24.6. The summed E-state index contributed by atoms with van der Waals surface area (Å²) >= 11 is 6.14. The normalized spacial score (nSPS) is 19.2. The van der Waals surface area contributed by atoms with Crippen LogP contribution in [0.5, 0.6) is 0 Å². The maximum atomic E-state index is 13.5. The van der Waals surface area contributed by atoms with Crippen molar-refractivity contribution in [3.63, 3.8) is 0 Å². The summed E-state index contributed by atoms with van der Waals surface area (Å²) in [5.41, 5.74) is -0.510. The summed E-state index contributed by atoms with van der Waals surface area (Å²) < 4.78 is 11.5. The Balaban J connectivity index is 0.00000163. The number of likely N-dealkylation sites (N-methyl/N-ethyl adjacent to an activating group) is 1. The molecular formula is C28H43ClN2O5P+. The molecule has 0 radical (unpaired) electrons. The van der Waals surface area contributed by atoms with E-state index in [1.807, 2.05) is 82.5 Å². The van der Waals surface area contributed by atoms with Crippen LogP contribution in [0.25, 0.3) is 0 Å². The van der Waals surface area contributed by atoms with Crippen LogP contribution in [0, 0.1) is 0 Å². The van der Waals surface area contributed by atoms with Crippen LogP contribution in [-0.4, -0.2) is 60.8 Å². The van der Waals surface area contributed by atoms with E-state index in [0.29, 0.717) is 45.0 Å². The number of hydrogen-bond donors (Lipinski definition) is 2. The highest BCUT2D eigenvalue weighted by molar-refractivity contribution is 7.48.